The lowest BCUT2D eigenvalue weighted by atomic mass is 9.89. The Morgan fingerprint density at radius 3 is 2.69 bits per heavy atom. The number of nitrogens with one attached hydrogen (secondary N) is 2. The summed E-state index contributed by atoms with van der Waals surface area (Å²) in [6.07, 6.45) is 1.31. The highest BCUT2D eigenvalue weighted by Gasteiger charge is 2.34. The summed E-state index contributed by atoms with van der Waals surface area (Å²) < 4.78 is 53.7. The number of rotatable bonds is 6. The highest BCUT2D eigenvalue weighted by Crippen LogP contribution is 2.38. The maximum absolute atomic E-state index is 14.7. The Kier molecular flexibility index (Phi) is 6.02. The molecule has 0 aliphatic heterocycles. The molecule has 0 spiro atoms. The minimum atomic E-state index is -2.75. The van der Waals surface area contributed by atoms with E-state index in [0.717, 1.165) is 0 Å². The maximum Gasteiger partial charge on any atom is 0.407 e. The lowest BCUT2D eigenvalue weighted by Crippen LogP contribution is -2.50. The van der Waals surface area contributed by atoms with Crippen LogP contribution < -0.4 is 20.1 Å². The van der Waals surface area contributed by atoms with E-state index in [9.17, 15) is 9.18 Å². The van der Waals surface area contributed by atoms with E-state index in [0.29, 0.717) is 23.7 Å². The van der Waals surface area contributed by atoms with E-state index in [1.807, 2.05) is 0 Å². The molecule has 0 bridgehead atoms. The monoisotopic (exact) mass is 525 g/mol. The van der Waals surface area contributed by atoms with Gasteiger partial charge in [-0.25, -0.2) is 19.2 Å². The number of carbonyl (C=O) groups excluding carboxylic acids is 1. The van der Waals surface area contributed by atoms with Gasteiger partial charge in [-0.2, -0.15) is 0 Å². The molecule has 0 atom stereocenters. The van der Waals surface area contributed by atoms with Crippen LogP contribution in [0.3, 0.4) is 0 Å². The van der Waals surface area contributed by atoms with Crippen LogP contribution in [0.5, 0.6) is 11.5 Å². The fourth-order valence-corrected chi connectivity index (χ4v) is 3.83. The van der Waals surface area contributed by atoms with Crippen LogP contribution in [0, 0.1) is 5.82 Å². The third kappa shape index (κ3) is 5.79. The Hall–Kier alpha value is -3.04. The Balaban J connectivity index is 1.58. The average molecular weight is 526 g/mol. The molecule has 0 unspecified atom stereocenters. The number of alkyl carbamates (subject to hydrolysis) is 1. The molecule has 1 fully saturated rings. The topological polar surface area (TPSA) is 94.6 Å². The normalized spacial score (nSPS) is 19.1. The van der Waals surface area contributed by atoms with Crippen LogP contribution >= 0.6 is 23.2 Å². The van der Waals surface area contributed by atoms with Gasteiger partial charge < -0.3 is 24.8 Å². The number of amides is 1. The van der Waals surface area contributed by atoms with Crippen molar-refractivity contribution in [3.8, 4) is 11.5 Å². The van der Waals surface area contributed by atoms with Gasteiger partial charge in [-0.05, 0) is 39.0 Å². The van der Waals surface area contributed by atoms with E-state index in [1.165, 1.54) is 30.6 Å². The van der Waals surface area contributed by atoms with Crippen molar-refractivity contribution in [2.75, 3.05) is 12.4 Å². The molecule has 0 radical (unpaired) electrons. The molecule has 4 rings (SSSR count). The Labute approximate surface area is 216 Å². The van der Waals surface area contributed by atoms with Crippen LogP contribution in [0.4, 0.5) is 20.7 Å². The number of methoxy groups -OCH3 is 1. The van der Waals surface area contributed by atoms with E-state index in [4.69, 9.17) is 41.5 Å². The van der Waals surface area contributed by atoms with Gasteiger partial charge in [0.2, 0.25) is 0 Å². The molecular weight excluding hydrogens is 498 g/mol. The van der Waals surface area contributed by atoms with Crippen molar-refractivity contribution < 1.29 is 27.5 Å². The van der Waals surface area contributed by atoms with E-state index in [2.05, 4.69) is 20.6 Å². The lowest BCUT2D eigenvalue weighted by molar-refractivity contribution is 0.0358. The van der Waals surface area contributed by atoms with Gasteiger partial charge in [0.05, 0.1) is 32.4 Å². The zero-order valence-corrected chi connectivity index (χ0v) is 20.6. The molecule has 8 nitrogen and oxygen atoms in total. The van der Waals surface area contributed by atoms with Crippen LogP contribution in [-0.2, 0) is 4.74 Å². The van der Waals surface area contributed by atoms with Crippen molar-refractivity contribution in [1.29, 1.82) is 0 Å². The largest absolute Gasteiger partial charge is 0.493 e. The second-order valence-electron chi connectivity index (χ2n) is 9.04. The SMILES string of the molecule is [2H]C([2H])([2H])Oc1cc2ncnc(Nc3ccc(Cl)c(Cl)c3F)c2cc1OC1CC(NC(=O)OC(C)(C)C)C1. The number of anilines is 2. The first-order chi connectivity index (χ1) is 17.7. The number of fused-ring (bicyclic) bond motifs is 1. The average Bonchev–Trinajstić information content (AvgIpc) is 2.76. The number of halogens is 3. The molecule has 1 aromatic heterocycles. The molecule has 1 heterocycles. The first-order valence-corrected chi connectivity index (χ1v) is 11.5. The predicted octanol–water partition coefficient (Wildman–Crippen LogP) is 6.26. The molecule has 35 heavy (non-hydrogen) atoms. The van der Waals surface area contributed by atoms with Gasteiger partial charge in [-0.3, -0.25) is 0 Å². The second kappa shape index (κ2) is 9.91. The number of carbonyl (C=O) groups is 1. The van der Waals surface area contributed by atoms with Gasteiger partial charge in [0, 0.05) is 30.3 Å². The molecule has 0 saturated heterocycles. The molecule has 1 aliphatic carbocycles. The fraction of sp³-hybridized carbons (Fsp3) is 0.375. The molecule has 1 amide bonds. The van der Waals surface area contributed by atoms with Crippen LogP contribution in [0.2, 0.25) is 10.0 Å². The van der Waals surface area contributed by atoms with E-state index in [1.54, 1.807) is 20.8 Å². The highest BCUT2D eigenvalue weighted by atomic mass is 35.5. The zero-order chi connectivity index (χ0) is 27.8. The van der Waals surface area contributed by atoms with Crippen molar-refractivity contribution in [2.24, 2.45) is 0 Å². The highest BCUT2D eigenvalue weighted by molar-refractivity contribution is 6.42. The summed E-state index contributed by atoms with van der Waals surface area (Å²) in [7, 11) is -2.75. The predicted molar refractivity (Wildman–Crippen MR) is 133 cm³/mol. The van der Waals surface area contributed by atoms with E-state index >= 15 is 0 Å². The second-order valence-corrected chi connectivity index (χ2v) is 9.83. The van der Waals surface area contributed by atoms with Crippen molar-refractivity contribution in [2.45, 2.75) is 51.4 Å². The third-order valence-electron chi connectivity index (χ3n) is 5.21. The van der Waals surface area contributed by atoms with Crippen molar-refractivity contribution in [1.82, 2.24) is 15.3 Å². The summed E-state index contributed by atoms with van der Waals surface area (Å²) in [5.74, 6) is -0.466. The molecule has 3 aromatic rings. The summed E-state index contributed by atoms with van der Waals surface area (Å²) in [5, 5.41) is 5.87. The van der Waals surface area contributed by atoms with Crippen LogP contribution in [0.1, 0.15) is 37.7 Å². The number of ether oxygens (including phenoxy) is 3. The Morgan fingerprint density at radius 2 is 1.97 bits per heavy atom. The quantitative estimate of drug-likeness (QED) is 0.366. The van der Waals surface area contributed by atoms with Gasteiger partial charge in [0.1, 0.15) is 23.9 Å². The summed E-state index contributed by atoms with van der Waals surface area (Å²) >= 11 is 11.8. The van der Waals surface area contributed by atoms with Crippen LogP contribution in [-0.4, -0.2) is 40.8 Å². The smallest absolute Gasteiger partial charge is 0.407 e. The number of benzene rings is 2. The lowest BCUT2D eigenvalue weighted by Gasteiger charge is -2.36. The maximum atomic E-state index is 14.7. The molecule has 1 aliphatic rings. The first-order valence-electron chi connectivity index (χ1n) is 12.2. The number of aromatic nitrogens is 2. The minimum absolute atomic E-state index is 0.0275. The van der Waals surface area contributed by atoms with Gasteiger partial charge in [0.25, 0.3) is 0 Å². The van der Waals surface area contributed by atoms with Gasteiger partial charge in [-0.15, -0.1) is 0 Å². The van der Waals surface area contributed by atoms with Crippen LogP contribution in [0.15, 0.2) is 30.6 Å². The minimum Gasteiger partial charge on any atom is -0.493 e. The summed E-state index contributed by atoms with van der Waals surface area (Å²) in [6, 6.07) is 5.61. The molecular formula is C24H25Cl2FN4O4. The third-order valence-corrected chi connectivity index (χ3v) is 5.99. The molecule has 186 valence electrons. The molecule has 11 heteroatoms. The van der Waals surface area contributed by atoms with Gasteiger partial charge in [0.15, 0.2) is 17.3 Å². The fourth-order valence-electron chi connectivity index (χ4n) is 3.52. The Morgan fingerprint density at radius 1 is 1.20 bits per heavy atom. The van der Waals surface area contributed by atoms with Crippen LogP contribution in [0.25, 0.3) is 10.9 Å². The number of hydrogen-bond acceptors (Lipinski definition) is 7. The van der Waals surface area contributed by atoms with Crippen molar-refractivity contribution in [3.05, 3.63) is 46.5 Å². The van der Waals surface area contributed by atoms with Gasteiger partial charge in [-0.1, -0.05) is 23.2 Å². The molecule has 2 N–H and O–H groups in total. The molecule has 1 saturated carbocycles. The Bertz CT molecular complexity index is 1370. The van der Waals surface area contributed by atoms with Crippen molar-refractivity contribution in [3.63, 3.8) is 0 Å². The van der Waals surface area contributed by atoms with E-state index < -0.39 is 24.5 Å². The van der Waals surface area contributed by atoms with E-state index in [-0.39, 0.29) is 45.2 Å². The summed E-state index contributed by atoms with van der Waals surface area (Å²) in [4.78, 5) is 20.4. The molecule has 2 aromatic carbocycles. The zero-order valence-electron chi connectivity index (χ0n) is 22.1. The van der Waals surface area contributed by atoms with Gasteiger partial charge >= 0.3 is 6.09 Å². The van der Waals surface area contributed by atoms with Crippen molar-refractivity contribution >= 4 is 51.7 Å². The first kappa shape index (κ1) is 21.3. The number of nitrogens with zero attached hydrogens (tertiary/aromatic N) is 2. The number of hydrogen-bond donors (Lipinski definition) is 2. The summed E-state index contributed by atoms with van der Waals surface area (Å²) in [6.45, 7) is 5.32. The standard InChI is InChI=1S/C24H25Cl2FN4O4/c1-24(2,3)35-23(32)30-12-7-13(8-12)34-19-9-14-17(10-18(19)33-4)28-11-29-22(14)31-16-6-5-15(25)20(26)21(16)27/h5-6,9-13H,7-8H2,1-4H3,(H,30,32)(H,28,29,31)/i4D3. The summed E-state index contributed by atoms with van der Waals surface area (Å²) in [5.41, 5.74) is -0.267.